The molecule has 1 aromatic carbocycles. The molecule has 3 N–H and O–H groups in total. The molecule has 0 unspecified atom stereocenters. The third-order valence-corrected chi connectivity index (χ3v) is 2.47. The van der Waals surface area contributed by atoms with Crippen LogP contribution < -0.4 is 11.1 Å². The standard InChI is InChI=1S/C12H9ClFN3O/c13-10-4-7(6-16-11(10)14)12(18)17-9-3-1-2-8(15)5-9/h1-6H,15H2,(H,17,18). The van der Waals surface area contributed by atoms with Crippen molar-refractivity contribution in [3.63, 3.8) is 0 Å². The number of nitrogens with one attached hydrogen (secondary N) is 1. The van der Waals surface area contributed by atoms with Gasteiger partial charge < -0.3 is 11.1 Å². The van der Waals surface area contributed by atoms with E-state index in [1.54, 1.807) is 24.3 Å². The van der Waals surface area contributed by atoms with Gasteiger partial charge in [0.25, 0.3) is 5.91 Å². The molecule has 0 radical (unpaired) electrons. The van der Waals surface area contributed by atoms with Crippen LogP contribution >= 0.6 is 11.6 Å². The lowest BCUT2D eigenvalue weighted by atomic mass is 10.2. The highest BCUT2D eigenvalue weighted by Gasteiger charge is 2.10. The van der Waals surface area contributed by atoms with E-state index in [9.17, 15) is 9.18 Å². The Balaban J connectivity index is 2.19. The Bertz CT molecular complexity index is 604. The molecule has 2 aromatic rings. The number of nitrogens with zero attached hydrogens (tertiary/aromatic N) is 1. The molecule has 0 spiro atoms. The Labute approximate surface area is 108 Å². The zero-order valence-electron chi connectivity index (χ0n) is 9.15. The molecule has 1 amide bonds. The number of nitrogen functional groups attached to an aromatic ring is 1. The fraction of sp³-hybridized carbons (Fsp3) is 0. The number of hydrogen-bond acceptors (Lipinski definition) is 3. The van der Waals surface area contributed by atoms with E-state index in [2.05, 4.69) is 10.3 Å². The molecule has 92 valence electrons. The van der Waals surface area contributed by atoms with Crippen LogP contribution in [0.1, 0.15) is 10.4 Å². The van der Waals surface area contributed by atoms with Crippen LogP contribution in [-0.2, 0) is 0 Å². The van der Waals surface area contributed by atoms with Crippen LogP contribution in [0.3, 0.4) is 0 Å². The number of rotatable bonds is 2. The third-order valence-electron chi connectivity index (χ3n) is 2.20. The number of anilines is 2. The lowest BCUT2D eigenvalue weighted by molar-refractivity contribution is 0.102. The van der Waals surface area contributed by atoms with E-state index in [0.29, 0.717) is 11.4 Å². The lowest BCUT2D eigenvalue weighted by Crippen LogP contribution is -2.12. The summed E-state index contributed by atoms with van der Waals surface area (Å²) >= 11 is 5.55. The normalized spacial score (nSPS) is 10.1. The largest absolute Gasteiger partial charge is 0.399 e. The summed E-state index contributed by atoms with van der Waals surface area (Å²) in [4.78, 5) is 15.2. The van der Waals surface area contributed by atoms with E-state index in [1.165, 1.54) is 6.07 Å². The van der Waals surface area contributed by atoms with Gasteiger partial charge in [-0.3, -0.25) is 4.79 Å². The second kappa shape index (κ2) is 5.01. The van der Waals surface area contributed by atoms with Gasteiger partial charge >= 0.3 is 0 Å². The van der Waals surface area contributed by atoms with E-state index in [0.717, 1.165) is 6.20 Å². The first-order chi connectivity index (χ1) is 8.56. The van der Waals surface area contributed by atoms with Gasteiger partial charge in [-0.2, -0.15) is 4.39 Å². The van der Waals surface area contributed by atoms with Gasteiger partial charge in [-0.15, -0.1) is 0 Å². The first kappa shape index (κ1) is 12.3. The predicted octanol–water partition coefficient (Wildman–Crippen LogP) is 2.71. The predicted molar refractivity (Wildman–Crippen MR) is 68.0 cm³/mol. The van der Waals surface area contributed by atoms with Crippen LogP contribution in [0.2, 0.25) is 5.02 Å². The van der Waals surface area contributed by atoms with Gasteiger partial charge in [0, 0.05) is 17.6 Å². The Kier molecular flexibility index (Phi) is 3.43. The summed E-state index contributed by atoms with van der Waals surface area (Å²) in [5.41, 5.74) is 6.83. The average Bonchev–Trinajstić information content (AvgIpc) is 2.32. The number of amides is 1. The van der Waals surface area contributed by atoms with Crippen molar-refractivity contribution in [2.24, 2.45) is 0 Å². The average molecular weight is 266 g/mol. The number of hydrogen-bond donors (Lipinski definition) is 2. The summed E-state index contributed by atoms with van der Waals surface area (Å²) in [7, 11) is 0. The Morgan fingerprint density at radius 3 is 2.83 bits per heavy atom. The zero-order chi connectivity index (χ0) is 13.1. The van der Waals surface area contributed by atoms with E-state index in [4.69, 9.17) is 17.3 Å². The molecule has 0 fully saturated rings. The molecule has 0 atom stereocenters. The van der Waals surface area contributed by atoms with E-state index < -0.39 is 11.9 Å². The molecule has 0 saturated carbocycles. The summed E-state index contributed by atoms with van der Waals surface area (Å²) < 4.78 is 12.9. The van der Waals surface area contributed by atoms with Gasteiger partial charge in [0.05, 0.1) is 10.6 Å². The quantitative estimate of drug-likeness (QED) is 0.648. The van der Waals surface area contributed by atoms with Crippen molar-refractivity contribution in [2.45, 2.75) is 0 Å². The fourth-order valence-electron chi connectivity index (χ4n) is 1.37. The maximum atomic E-state index is 12.9. The fourth-order valence-corrected chi connectivity index (χ4v) is 1.53. The summed E-state index contributed by atoms with van der Waals surface area (Å²) in [6.07, 6.45) is 1.11. The highest BCUT2D eigenvalue weighted by molar-refractivity contribution is 6.31. The van der Waals surface area contributed by atoms with Crippen molar-refractivity contribution in [2.75, 3.05) is 11.1 Å². The minimum atomic E-state index is -0.808. The molecule has 18 heavy (non-hydrogen) atoms. The van der Waals surface area contributed by atoms with Gasteiger partial charge in [-0.1, -0.05) is 17.7 Å². The van der Waals surface area contributed by atoms with Crippen LogP contribution in [0.4, 0.5) is 15.8 Å². The molecule has 0 bridgehead atoms. The van der Waals surface area contributed by atoms with Crippen LogP contribution in [0.15, 0.2) is 36.5 Å². The molecular weight excluding hydrogens is 257 g/mol. The zero-order valence-corrected chi connectivity index (χ0v) is 9.91. The highest BCUT2D eigenvalue weighted by Crippen LogP contribution is 2.16. The second-order valence-corrected chi connectivity index (χ2v) is 3.98. The van der Waals surface area contributed by atoms with Gasteiger partial charge in [-0.05, 0) is 24.3 Å². The Hall–Kier alpha value is -2.14. The van der Waals surface area contributed by atoms with Gasteiger partial charge in [0.2, 0.25) is 5.95 Å². The van der Waals surface area contributed by atoms with Crippen LogP contribution in [0, 0.1) is 5.95 Å². The van der Waals surface area contributed by atoms with Crippen molar-refractivity contribution in [3.05, 3.63) is 53.1 Å². The summed E-state index contributed by atoms with van der Waals surface area (Å²) in [5.74, 6) is -1.24. The van der Waals surface area contributed by atoms with E-state index in [-0.39, 0.29) is 10.6 Å². The monoisotopic (exact) mass is 265 g/mol. The molecular formula is C12H9ClFN3O. The maximum Gasteiger partial charge on any atom is 0.257 e. The van der Waals surface area contributed by atoms with Crippen molar-refractivity contribution < 1.29 is 9.18 Å². The topological polar surface area (TPSA) is 68.0 Å². The van der Waals surface area contributed by atoms with Crippen LogP contribution in [0.5, 0.6) is 0 Å². The van der Waals surface area contributed by atoms with E-state index >= 15 is 0 Å². The van der Waals surface area contributed by atoms with Crippen LogP contribution in [-0.4, -0.2) is 10.9 Å². The molecule has 4 nitrogen and oxygen atoms in total. The van der Waals surface area contributed by atoms with Crippen molar-refractivity contribution in [1.29, 1.82) is 0 Å². The van der Waals surface area contributed by atoms with Crippen molar-refractivity contribution in [3.8, 4) is 0 Å². The van der Waals surface area contributed by atoms with Crippen molar-refractivity contribution in [1.82, 2.24) is 4.98 Å². The van der Waals surface area contributed by atoms with E-state index in [1.807, 2.05) is 0 Å². The Morgan fingerprint density at radius 2 is 2.17 bits per heavy atom. The first-order valence-electron chi connectivity index (χ1n) is 5.04. The summed E-state index contributed by atoms with van der Waals surface area (Å²) in [5, 5.41) is 2.41. The molecule has 0 aliphatic rings. The van der Waals surface area contributed by atoms with Gasteiger partial charge in [0.1, 0.15) is 0 Å². The SMILES string of the molecule is Nc1cccc(NC(=O)c2cnc(F)c(Cl)c2)c1. The first-order valence-corrected chi connectivity index (χ1v) is 5.42. The molecule has 0 aliphatic carbocycles. The summed E-state index contributed by atoms with van der Waals surface area (Å²) in [6.45, 7) is 0. The van der Waals surface area contributed by atoms with Gasteiger partial charge in [-0.25, -0.2) is 4.98 Å². The van der Waals surface area contributed by atoms with Crippen molar-refractivity contribution >= 4 is 28.9 Å². The Morgan fingerprint density at radius 1 is 1.39 bits per heavy atom. The van der Waals surface area contributed by atoms with Crippen LogP contribution in [0.25, 0.3) is 0 Å². The number of pyridine rings is 1. The lowest BCUT2D eigenvalue weighted by Gasteiger charge is -2.06. The maximum absolute atomic E-state index is 12.9. The summed E-state index contributed by atoms with van der Waals surface area (Å²) in [6, 6.07) is 7.92. The molecule has 1 heterocycles. The van der Waals surface area contributed by atoms with Gasteiger partial charge in [0.15, 0.2) is 0 Å². The smallest absolute Gasteiger partial charge is 0.257 e. The molecule has 0 aliphatic heterocycles. The number of nitrogens with two attached hydrogens (primary N) is 1. The third kappa shape index (κ3) is 2.75. The minimum absolute atomic E-state index is 0.170. The number of carbonyl (C=O) groups is 1. The second-order valence-electron chi connectivity index (χ2n) is 3.58. The molecule has 1 aromatic heterocycles. The molecule has 2 rings (SSSR count). The molecule has 0 saturated heterocycles. The number of aromatic nitrogens is 1. The number of benzene rings is 1. The number of halogens is 2. The minimum Gasteiger partial charge on any atom is -0.399 e. The number of carbonyl (C=O) groups excluding carboxylic acids is 1. The highest BCUT2D eigenvalue weighted by atomic mass is 35.5. The molecule has 6 heteroatoms.